The molecule has 3 aliphatic heterocycles. The second kappa shape index (κ2) is 21.5. The molecule has 1 atom stereocenters. The van der Waals surface area contributed by atoms with Gasteiger partial charge in [-0.3, -0.25) is 53.4 Å². The topological polar surface area (TPSA) is 292 Å². The van der Waals surface area contributed by atoms with Crippen molar-refractivity contribution in [1.29, 1.82) is 0 Å². The fraction of sp³-hybridized carbons (Fsp3) is 0.280. The van der Waals surface area contributed by atoms with Gasteiger partial charge in [-0.1, -0.05) is 54.6 Å². The first kappa shape index (κ1) is 48.9. The van der Waals surface area contributed by atoms with Crippen LogP contribution in [-0.4, -0.2) is 138 Å². The lowest BCUT2D eigenvalue weighted by Crippen LogP contribution is -2.54. The fourth-order valence-corrected chi connectivity index (χ4v) is 8.83. The van der Waals surface area contributed by atoms with Crippen LogP contribution in [0.15, 0.2) is 89.7 Å². The molecule has 8 amide bonds. The summed E-state index contributed by atoms with van der Waals surface area (Å²) in [5, 5.41) is 34.6. The minimum absolute atomic E-state index is 0.0124. The highest BCUT2D eigenvalue weighted by atomic mass is 19.1. The van der Waals surface area contributed by atoms with Crippen LogP contribution in [0, 0.1) is 5.82 Å². The molecule has 2 aromatic heterocycles. The van der Waals surface area contributed by atoms with Crippen molar-refractivity contribution >= 4 is 63.7 Å². The number of piperazine rings is 1. The molecule has 0 saturated carbocycles. The summed E-state index contributed by atoms with van der Waals surface area (Å²) in [6, 6.07) is 21.7. The monoisotopic (exact) mass is 991 g/mol. The molecule has 0 bridgehead atoms. The molecular weight excluding hydrogens is 946 g/mol. The molecule has 5 heterocycles. The quantitative estimate of drug-likeness (QED) is 0.0678. The summed E-state index contributed by atoms with van der Waals surface area (Å²) in [7, 11) is 0. The van der Waals surface area contributed by atoms with Gasteiger partial charge in [0, 0.05) is 68.6 Å². The van der Waals surface area contributed by atoms with Crippen molar-refractivity contribution in [3.05, 3.63) is 140 Å². The van der Waals surface area contributed by atoms with E-state index in [-0.39, 0.29) is 129 Å². The number of halogens is 1. The third-order valence-corrected chi connectivity index (χ3v) is 12.7. The Hall–Kier alpha value is -9.15. The number of imide groups is 2. The molecule has 5 N–H and O–H groups in total. The Morgan fingerprint density at radius 1 is 0.753 bits per heavy atom. The molecule has 3 aliphatic rings. The Morgan fingerprint density at radius 2 is 1.48 bits per heavy atom. The molecule has 0 radical (unpaired) electrons. The van der Waals surface area contributed by atoms with E-state index in [2.05, 4.69) is 51.9 Å². The number of aromatic amines is 1. The number of aromatic nitrogens is 6. The molecule has 1 unspecified atom stereocenters. The molecule has 2 saturated heterocycles. The summed E-state index contributed by atoms with van der Waals surface area (Å²) in [5.41, 5.74) is 2.45. The van der Waals surface area contributed by atoms with E-state index >= 15 is 0 Å². The maximum absolute atomic E-state index is 15.0. The number of rotatable bonds is 16. The summed E-state index contributed by atoms with van der Waals surface area (Å²) in [5.74, 6) is -4.23. The minimum Gasteiger partial charge on any atom is -0.375 e. The lowest BCUT2D eigenvalue weighted by atomic mass is 10.0. The highest BCUT2D eigenvalue weighted by molar-refractivity contribution is 6.25. The van der Waals surface area contributed by atoms with Crippen molar-refractivity contribution < 1.29 is 42.7 Å². The largest absolute Gasteiger partial charge is 0.375 e. The van der Waals surface area contributed by atoms with Crippen molar-refractivity contribution in [1.82, 2.24) is 61.2 Å². The van der Waals surface area contributed by atoms with Crippen LogP contribution in [0.1, 0.15) is 79.4 Å². The Morgan fingerprint density at radius 3 is 2.23 bits per heavy atom. The molecule has 73 heavy (non-hydrogen) atoms. The number of anilines is 1. The van der Waals surface area contributed by atoms with Gasteiger partial charge in [-0.15, -0.1) is 20.4 Å². The number of piperidine rings is 1. The number of benzene rings is 4. The summed E-state index contributed by atoms with van der Waals surface area (Å²) in [4.78, 5) is 119. The number of hydrogen-bond donors (Lipinski definition) is 5. The first-order valence-electron chi connectivity index (χ1n) is 23.4. The summed E-state index contributed by atoms with van der Waals surface area (Å²) in [6.45, 7) is 0.909. The van der Waals surface area contributed by atoms with Crippen LogP contribution in [-0.2, 0) is 43.4 Å². The molecule has 4 aromatic carbocycles. The third kappa shape index (κ3) is 10.9. The number of fused-ring (bicyclic) bond motifs is 2. The lowest BCUT2D eigenvalue weighted by Gasteiger charge is -2.35. The zero-order valence-corrected chi connectivity index (χ0v) is 39.0. The van der Waals surface area contributed by atoms with Crippen molar-refractivity contribution in [2.24, 2.45) is 0 Å². The summed E-state index contributed by atoms with van der Waals surface area (Å²) < 4.78 is 15.0. The van der Waals surface area contributed by atoms with Crippen molar-refractivity contribution in [2.75, 3.05) is 44.6 Å². The van der Waals surface area contributed by atoms with Gasteiger partial charge in [0.1, 0.15) is 11.9 Å². The zero-order valence-electron chi connectivity index (χ0n) is 39.0. The summed E-state index contributed by atoms with van der Waals surface area (Å²) in [6.07, 6.45) is 0.952. The highest BCUT2D eigenvalue weighted by Crippen LogP contribution is 2.32. The van der Waals surface area contributed by atoms with Gasteiger partial charge < -0.3 is 25.8 Å². The van der Waals surface area contributed by atoms with E-state index in [1.54, 1.807) is 65.6 Å². The average Bonchev–Trinajstić information content (AvgIpc) is 3.66. The van der Waals surface area contributed by atoms with E-state index in [0.29, 0.717) is 39.6 Å². The predicted octanol–water partition coefficient (Wildman–Crippen LogP) is 1.45. The van der Waals surface area contributed by atoms with E-state index in [9.17, 15) is 47.5 Å². The molecule has 2 fully saturated rings. The van der Waals surface area contributed by atoms with Crippen LogP contribution in [0.2, 0.25) is 0 Å². The first-order valence-corrected chi connectivity index (χ1v) is 23.4. The van der Waals surface area contributed by atoms with Gasteiger partial charge in [-0.25, -0.2) is 9.49 Å². The van der Waals surface area contributed by atoms with Gasteiger partial charge in [-0.2, -0.15) is 5.10 Å². The van der Waals surface area contributed by atoms with Crippen LogP contribution in [0.3, 0.4) is 0 Å². The van der Waals surface area contributed by atoms with Crippen LogP contribution in [0.25, 0.3) is 22.2 Å². The number of nitrogens with zero attached hydrogens (tertiary/aromatic N) is 8. The SMILES string of the molecule is O=C(CNc1cccc2c1C(=O)N(C1CCC(=O)NC1=O)C2=O)NCc1nnc(-c2ccc(CC(=O)NCCCC(=O)N3CCN(C(=O)c4cc(Cc5n[nH]c(=O)c6ccccc56)ccc4F)CC3)cc2)nn1. The second-order valence-corrected chi connectivity index (χ2v) is 17.5. The molecule has 23 heteroatoms. The zero-order chi connectivity index (χ0) is 51.2. The van der Waals surface area contributed by atoms with Gasteiger partial charge in [0.15, 0.2) is 5.82 Å². The maximum atomic E-state index is 15.0. The minimum atomic E-state index is -1.12. The van der Waals surface area contributed by atoms with E-state index < -0.39 is 47.3 Å². The molecule has 9 rings (SSSR count). The Kier molecular flexibility index (Phi) is 14.4. The van der Waals surface area contributed by atoms with Gasteiger partial charge in [0.25, 0.3) is 23.3 Å². The number of amides is 8. The molecule has 0 aliphatic carbocycles. The van der Waals surface area contributed by atoms with Crippen molar-refractivity contribution in [3.63, 3.8) is 0 Å². The Balaban J connectivity index is 0.667. The van der Waals surface area contributed by atoms with Gasteiger partial charge in [0.05, 0.1) is 47.3 Å². The van der Waals surface area contributed by atoms with E-state index in [1.165, 1.54) is 29.2 Å². The first-order chi connectivity index (χ1) is 35.3. The molecule has 22 nitrogen and oxygen atoms in total. The van der Waals surface area contributed by atoms with Gasteiger partial charge in [0.2, 0.25) is 35.4 Å². The van der Waals surface area contributed by atoms with Gasteiger partial charge >= 0.3 is 0 Å². The van der Waals surface area contributed by atoms with E-state index in [1.807, 2.05) is 0 Å². The molecule has 372 valence electrons. The van der Waals surface area contributed by atoms with Crippen LogP contribution in [0.5, 0.6) is 0 Å². The Bertz CT molecular complexity index is 3250. The smallest absolute Gasteiger partial charge is 0.272 e. The highest BCUT2D eigenvalue weighted by Gasteiger charge is 2.45. The number of carbonyl (C=O) groups is 8. The van der Waals surface area contributed by atoms with Crippen LogP contribution < -0.4 is 26.8 Å². The van der Waals surface area contributed by atoms with Crippen molar-refractivity contribution in [2.45, 2.75) is 51.1 Å². The Labute approximate surface area is 414 Å². The summed E-state index contributed by atoms with van der Waals surface area (Å²) >= 11 is 0. The number of nitrogens with one attached hydrogen (secondary N) is 5. The van der Waals surface area contributed by atoms with Crippen LogP contribution >= 0.6 is 0 Å². The normalized spacial score (nSPS) is 15.5. The molecule has 6 aromatic rings. The number of H-pyrrole nitrogens is 1. The van der Waals surface area contributed by atoms with Crippen LogP contribution in [0.4, 0.5) is 10.1 Å². The predicted molar refractivity (Wildman–Crippen MR) is 257 cm³/mol. The standard InChI is InChI=1S/C50H46FN13O9/c51-35-15-12-29(24-37-31-5-1-2-6-32(31)46(69)61-56-37)23-34(35)48(71)63-21-19-62(20-22-63)43(68)9-4-18-52-41(66)25-28-10-13-30(14-11-28)45-59-57-39(58-60-45)26-54-42(67)27-53-36-8-3-7-33-44(36)50(73)64(49(33)72)38-16-17-40(65)55-47(38)70/h1-3,5-8,10-15,23,38,53H,4,9,16-22,24-27H2,(H,52,66)(H,54,67)(H,61,69)(H,55,65,70). The van der Waals surface area contributed by atoms with E-state index in [4.69, 9.17) is 0 Å². The fourth-order valence-electron chi connectivity index (χ4n) is 8.83. The van der Waals surface area contributed by atoms with E-state index in [0.717, 1.165) is 4.90 Å². The lowest BCUT2D eigenvalue weighted by molar-refractivity contribution is -0.136. The average molecular weight is 992 g/mol. The second-order valence-electron chi connectivity index (χ2n) is 17.5. The maximum Gasteiger partial charge on any atom is 0.272 e. The van der Waals surface area contributed by atoms with Crippen molar-refractivity contribution in [3.8, 4) is 11.4 Å². The molecular formula is C50H46FN13O9. The number of carbonyl (C=O) groups excluding carboxylic acids is 8. The molecule has 0 spiro atoms. The number of hydrogen-bond acceptors (Lipinski definition) is 15. The van der Waals surface area contributed by atoms with Gasteiger partial charge in [-0.05, 0) is 54.3 Å². The third-order valence-electron chi connectivity index (χ3n) is 12.7.